The van der Waals surface area contributed by atoms with Gasteiger partial charge in [0.15, 0.2) is 6.61 Å². The topological polar surface area (TPSA) is 84.5 Å². The first kappa shape index (κ1) is 24.5. The molecule has 0 aromatic heterocycles. The van der Waals surface area contributed by atoms with Crippen LogP contribution in [0.5, 0.6) is 0 Å². The molecule has 0 heterocycles. The van der Waals surface area contributed by atoms with Crippen LogP contribution in [-0.2, 0) is 14.3 Å². The fraction of sp³-hybridized carbons (Fsp3) is 0.500. The van der Waals surface area contributed by atoms with E-state index in [1.54, 1.807) is 24.3 Å². The van der Waals surface area contributed by atoms with E-state index in [0.717, 1.165) is 0 Å². The number of esters is 1. The fourth-order valence-corrected chi connectivity index (χ4v) is 2.82. The number of amides is 2. The molecule has 0 saturated heterocycles. The van der Waals surface area contributed by atoms with Crippen LogP contribution in [-0.4, -0.2) is 36.0 Å². The standard InChI is InChI=1S/C22H29ClN2O4/c1-6-15(5)19(24-20(27)16-10-12-17(23)13-11-16)21(28)29-14-18(26)25-22(7-2,8-3)9-4/h2,10-13,15,19H,6,8-9,14H2,1,3-5H3,(H,24,27)(H,25,26)/t15-,19-/m0/s1. The molecule has 0 unspecified atom stereocenters. The van der Waals surface area contributed by atoms with Crippen LogP contribution < -0.4 is 10.6 Å². The van der Waals surface area contributed by atoms with Crippen molar-refractivity contribution in [3.05, 3.63) is 34.9 Å². The third-order valence-corrected chi connectivity index (χ3v) is 5.32. The molecule has 1 rings (SSSR count). The summed E-state index contributed by atoms with van der Waals surface area (Å²) in [5.41, 5.74) is -0.388. The van der Waals surface area contributed by atoms with E-state index in [0.29, 0.717) is 29.8 Å². The summed E-state index contributed by atoms with van der Waals surface area (Å²) in [6.45, 7) is 7.01. The molecule has 0 aliphatic carbocycles. The van der Waals surface area contributed by atoms with E-state index >= 15 is 0 Å². The smallest absolute Gasteiger partial charge is 0.329 e. The van der Waals surface area contributed by atoms with Gasteiger partial charge in [0.1, 0.15) is 11.6 Å². The van der Waals surface area contributed by atoms with Gasteiger partial charge in [-0.15, -0.1) is 6.42 Å². The molecule has 0 aliphatic rings. The summed E-state index contributed by atoms with van der Waals surface area (Å²) in [5, 5.41) is 5.93. The van der Waals surface area contributed by atoms with Crippen molar-refractivity contribution < 1.29 is 19.1 Å². The molecule has 29 heavy (non-hydrogen) atoms. The maximum atomic E-state index is 12.6. The number of benzene rings is 1. The molecule has 158 valence electrons. The molecule has 0 spiro atoms. The second-order valence-corrected chi connectivity index (χ2v) is 7.37. The van der Waals surface area contributed by atoms with E-state index in [-0.39, 0.29) is 5.92 Å². The number of hydrogen-bond acceptors (Lipinski definition) is 4. The summed E-state index contributed by atoms with van der Waals surface area (Å²) < 4.78 is 5.17. The van der Waals surface area contributed by atoms with E-state index in [1.807, 2.05) is 27.7 Å². The molecule has 2 N–H and O–H groups in total. The summed E-state index contributed by atoms with van der Waals surface area (Å²) in [7, 11) is 0. The Kier molecular flexibility index (Phi) is 9.70. The van der Waals surface area contributed by atoms with Gasteiger partial charge in [-0.1, -0.05) is 51.6 Å². The predicted molar refractivity (Wildman–Crippen MR) is 113 cm³/mol. The monoisotopic (exact) mass is 420 g/mol. The van der Waals surface area contributed by atoms with Crippen LogP contribution in [0.3, 0.4) is 0 Å². The summed E-state index contributed by atoms with van der Waals surface area (Å²) in [6, 6.07) is 5.44. The van der Waals surface area contributed by atoms with Crippen molar-refractivity contribution in [3.63, 3.8) is 0 Å². The molecular formula is C22H29ClN2O4. The Bertz CT molecular complexity index is 751. The highest BCUT2D eigenvalue weighted by Gasteiger charge is 2.30. The van der Waals surface area contributed by atoms with Gasteiger partial charge in [-0.3, -0.25) is 9.59 Å². The quantitative estimate of drug-likeness (QED) is 0.449. The summed E-state index contributed by atoms with van der Waals surface area (Å²) >= 11 is 5.84. The molecule has 0 saturated carbocycles. The minimum Gasteiger partial charge on any atom is -0.454 e. The van der Waals surface area contributed by atoms with Gasteiger partial charge in [-0.2, -0.15) is 0 Å². The van der Waals surface area contributed by atoms with Crippen LogP contribution >= 0.6 is 11.6 Å². The number of rotatable bonds is 10. The van der Waals surface area contributed by atoms with Crippen LogP contribution in [0.15, 0.2) is 24.3 Å². The average molecular weight is 421 g/mol. The molecule has 0 fully saturated rings. The van der Waals surface area contributed by atoms with Crippen molar-refractivity contribution in [1.82, 2.24) is 10.6 Å². The number of terminal acetylenes is 1. The lowest BCUT2D eigenvalue weighted by atomic mass is 9.94. The van der Waals surface area contributed by atoms with Crippen molar-refractivity contribution in [3.8, 4) is 12.3 Å². The molecule has 0 radical (unpaired) electrons. The Hall–Kier alpha value is -2.52. The number of hydrogen-bond donors (Lipinski definition) is 2. The third kappa shape index (κ3) is 7.10. The van der Waals surface area contributed by atoms with Gasteiger partial charge in [0, 0.05) is 10.6 Å². The molecular weight excluding hydrogens is 392 g/mol. The lowest BCUT2D eigenvalue weighted by Crippen LogP contribution is -2.49. The summed E-state index contributed by atoms with van der Waals surface area (Å²) in [6.07, 6.45) is 7.29. The molecule has 2 amide bonds. The van der Waals surface area contributed by atoms with Crippen LogP contribution in [0.2, 0.25) is 5.02 Å². The van der Waals surface area contributed by atoms with Gasteiger partial charge in [0.05, 0.1) is 0 Å². The Morgan fingerprint density at radius 3 is 2.24 bits per heavy atom. The van der Waals surface area contributed by atoms with Gasteiger partial charge < -0.3 is 15.4 Å². The zero-order valence-electron chi connectivity index (χ0n) is 17.4. The maximum absolute atomic E-state index is 12.6. The van der Waals surface area contributed by atoms with Gasteiger partial charge in [-0.05, 0) is 43.0 Å². The van der Waals surface area contributed by atoms with Crippen LogP contribution in [0.1, 0.15) is 57.3 Å². The largest absolute Gasteiger partial charge is 0.454 e. The van der Waals surface area contributed by atoms with Crippen molar-refractivity contribution in [2.24, 2.45) is 5.92 Å². The van der Waals surface area contributed by atoms with Crippen molar-refractivity contribution in [2.45, 2.75) is 58.5 Å². The SMILES string of the molecule is C#CC(CC)(CC)NC(=O)COC(=O)[C@@H](NC(=O)c1ccc(Cl)cc1)[C@@H](C)CC. The zero-order valence-corrected chi connectivity index (χ0v) is 18.1. The Morgan fingerprint density at radius 2 is 1.76 bits per heavy atom. The Balaban J connectivity index is 2.77. The number of carbonyl (C=O) groups excluding carboxylic acids is 3. The number of halogens is 1. The van der Waals surface area contributed by atoms with E-state index in [1.165, 1.54) is 0 Å². The molecule has 0 bridgehead atoms. The summed E-state index contributed by atoms with van der Waals surface area (Å²) in [5.74, 6) is 0.841. The van der Waals surface area contributed by atoms with E-state index in [4.69, 9.17) is 22.8 Å². The first-order valence-corrected chi connectivity index (χ1v) is 10.1. The van der Waals surface area contributed by atoms with E-state index in [2.05, 4.69) is 16.6 Å². The van der Waals surface area contributed by atoms with Gasteiger partial charge in [0.2, 0.25) is 0 Å². The lowest BCUT2D eigenvalue weighted by Gasteiger charge is -2.27. The highest BCUT2D eigenvalue weighted by Crippen LogP contribution is 2.15. The fourth-order valence-electron chi connectivity index (χ4n) is 2.69. The normalized spacial score (nSPS) is 13.0. The summed E-state index contributed by atoms with van der Waals surface area (Å²) in [4.78, 5) is 37.2. The highest BCUT2D eigenvalue weighted by atomic mass is 35.5. The van der Waals surface area contributed by atoms with E-state index < -0.39 is 36.0 Å². The molecule has 7 heteroatoms. The first-order valence-electron chi connectivity index (χ1n) is 9.73. The molecule has 0 aliphatic heterocycles. The number of carbonyl (C=O) groups is 3. The Labute approximate surface area is 177 Å². The molecule has 2 atom stereocenters. The predicted octanol–water partition coefficient (Wildman–Crippen LogP) is 3.34. The van der Waals surface area contributed by atoms with Crippen molar-refractivity contribution in [2.75, 3.05) is 6.61 Å². The van der Waals surface area contributed by atoms with Gasteiger partial charge in [0.25, 0.3) is 11.8 Å². The molecule has 1 aromatic rings. The van der Waals surface area contributed by atoms with Gasteiger partial charge in [-0.25, -0.2) is 4.79 Å². The Morgan fingerprint density at radius 1 is 1.17 bits per heavy atom. The second-order valence-electron chi connectivity index (χ2n) is 6.93. The number of ether oxygens (including phenoxy) is 1. The van der Waals surface area contributed by atoms with Crippen molar-refractivity contribution >= 4 is 29.4 Å². The highest BCUT2D eigenvalue weighted by molar-refractivity contribution is 6.30. The molecule has 6 nitrogen and oxygen atoms in total. The minimum absolute atomic E-state index is 0.183. The minimum atomic E-state index is -0.884. The van der Waals surface area contributed by atoms with Crippen LogP contribution in [0.4, 0.5) is 0 Å². The van der Waals surface area contributed by atoms with E-state index in [9.17, 15) is 14.4 Å². The first-order chi connectivity index (χ1) is 13.7. The number of nitrogens with one attached hydrogen (secondary N) is 2. The zero-order chi connectivity index (χ0) is 22.0. The maximum Gasteiger partial charge on any atom is 0.329 e. The second kappa shape index (κ2) is 11.5. The third-order valence-electron chi connectivity index (χ3n) is 5.07. The lowest BCUT2D eigenvalue weighted by molar-refractivity contribution is -0.152. The van der Waals surface area contributed by atoms with Crippen LogP contribution in [0.25, 0.3) is 0 Å². The van der Waals surface area contributed by atoms with Crippen LogP contribution in [0, 0.1) is 18.3 Å². The van der Waals surface area contributed by atoms with Gasteiger partial charge >= 0.3 is 5.97 Å². The van der Waals surface area contributed by atoms with Crippen molar-refractivity contribution in [1.29, 1.82) is 0 Å². The average Bonchev–Trinajstić information content (AvgIpc) is 2.74. The molecule has 1 aromatic carbocycles.